The van der Waals surface area contributed by atoms with Crippen LogP contribution in [0.25, 0.3) is 0 Å². The van der Waals surface area contributed by atoms with Crippen LogP contribution in [-0.2, 0) is 9.53 Å². The smallest absolute Gasteiger partial charge is 0.347 e. The lowest BCUT2D eigenvalue weighted by molar-refractivity contribution is -0.384. The van der Waals surface area contributed by atoms with Gasteiger partial charge in [0.2, 0.25) is 0 Å². The molecule has 0 radical (unpaired) electrons. The van der Waals surface area contributed by atoms with Crippen molar-refractivity contribution < 1.29 is 19.2 Å². The van der Waals surface area contributed by atoms with E-state index in [-0.39, 0.29) is 23.1 Å². The fourth-order valence-corrected chi connectivity index (χ4v) is 1.42. The number of nitro groups is 1. The van der Waals surface area contributed by atoms with Gasteiger partial charge in [-0.2, -0.15) is 0 Å². The molecule has 1 atom stereocenters. The molecule has 0 spiro atoms. The number of nitro benzene ring substituents is 1. The van der Waals surface area contributed by atoms with Gasteiger partial charge in [0.1, 0.15) is 5.75 Å². The van der Waals surface area contributed by atoms with E-state index in [1.807, 2.05) is 0 Å². The molecule has 0 fully saturated rings. The number of carbonyl (C=O) groups excluding carboxylic acids is 1. The fraction of sp³-hybridized carbons (Fsp3) is 0.364. The quantitative estimate of drug-likeness (QED) is 0.468. The Hall–Kier alpha value is -1.82. The number of halogens is 1. The summed E-state index contributed by atoms with van der Waals surface area (Å²) in [5.74, 6) is -0.324. The Balaban J connectivity index is 2.79. The molecular weight excluding hydrogens is 262 g/mol. The highest BCUT2D eigenvalue weighted by Crippen LogP contribution is 2.29. The Morgan fingerprint density at radius 1 is 1.56 bits per heavy atom. The number of benzene rings is 1. The van der Waals surface area contributed by atoms with Gasteiger partial charge in [0.15, 0.2) is 6.10 Å². The molecule has 0 aliphatic rings. The minimum absolute atomic E-state index is 0.0698. The van der Waals surface area contributed by atoms with Crippen molar-refractivity contribution in [2.75, 3.05) is 6.61 Å². The van der Waals surface area contributed by atoms with Crippen molar-refractivity contribution in [3.05, 3.63) is 33.3 Å². The van der Waals surface area contributed by atoms with Crippen molar-refractivity contribution >= 4 is 23.3 Å². The van der Waals surface area contributed by atoms with Crippen LogP contribution in [0.1, 0.15) is 13.8 Å². The summed E-state index contributed by atoms with van der Waals surface area (Å²) in [6.45, 7) is 3.44. The number of esters is 1. The highest BCUT2D eigenvalue weighted by atomic mass is 35.5. The Kier molecular flexibility index (Phi) is 4.91. The molecule has 0 N–H and O–H groups in total. The second-order valence-electron chi connectivity index (χ2n) is 3.38. The molecule has 6 nitrogen and oxygen atoms in total. The van der Waals surface area contributed by atoms with Crippen molar-refractivity contribution in [1.82, 2.24) is 0 Å². The summed E-state index contributed by atoms with van der Waals surface area (Å²) >= 11 is 5.82. The predicted octanol–water partition coefficient (Wildman–Crippen LogP) is 2.58. The van der Waals surface area contributed by atoms with Gasteiger partial charge in [-0.05, 0) is 19.9 Å². The molecule has 0 saturated heterocycles. The maximum atomic E-state index is 11.3. The van der Waals surface area contributed by atoms with Crippen LogP contribution in [0.15, 0.2) is 18.2 Å². The lowest BCUT2D eigenvalue weighted by Crippen LogP contribution is -2.26. The number of ether oxygens (including phenoxy) is 2. The molecule has 0 aromatic heterocycles. The summed E-state index contributed by atoms with van der Waals surface area (Å²) in [6, 6.07) is 3.75. The van der Waals surface area contributed by atoms with Gasteiger partial charge in [-0.15, -0.1) is 0 Å². The van der Waals surface area contributed by atoms with E-state index in [0.29, 0.717) is 0 Å². The van der Waals surface area contributed by atoms with Crippen molar-refractivity contribution in [2.45, 2.75) is 20.0 Å². The number of rotatable bonds is 5. The summed E-state index contributed by atoms with van der Waals surface area (Å²) in [6.07, 6.45) is -0.830. The van der Waals surface area contributed by atoms with Crippen LogP contribution in [0.2, 0.25) is 5.02 Å². The zero-order chi connectivity index (χ0) is 13.7. The lowest BCUT2D eigenvalue weighted by atomic mass is 10.3. The average Bonchev–Trinajstić information content (AvgIpc) is 2.31. The highest BCUT2D eigenvalue weighted by molar-refractivity contribution is 6.32. The van der Waals surface area contributed by atoms with Crippen molar-refractivity contribution in [3.8, 4) is 5.75 Å². The third kappa shape index (κ3) is 3.59. The van der Waals surface area contributed by atoms with E-state index in [2.05, 4.69) is 0 Å². The summed E-state index contributed by atoms with van der Waals surface area (Å²) in [5, 5.41) is 10.6. The molecule has 7 heteroatoms. The molecular formula is C11H12ClNO5. The number of nitrogens with zero attached hydrogens (tertiary/aromatic N) is 1. The third-order valence-electron chi connectivity index (χ3n) is 2.05. The van der Waals surface area contributed by atoms with E-state index in [0.717, 1.165) is 6.07 Å². The van der Waals surface area contributed by atoms with Crippen LogP contribution in [0.5, 0.6) is 5.75 Å². The van der Waals surface area contributed by atoms with Crippen LogP contribution in [-0.4, -0.2) is 23.6 Å². The SMILES string of the molecule is CCOC(=O)C(C)Oc1ccc([N+](=O)[O-])cc1Cl. The summed E-state index contributed by atoms with van der Waals surface area (Å²) in [5.41, 5.74) is -0.142. The Morgan fingerprint density at radius 3 is 2.72 bits per heavy atom. The van der Waals surface area contributed by atoms with Crippen molar-refractivity contribution in [3.63, 3.8) is 0 Å². The Bertz CT molecular complexity index is 463. The van der Waals surface area contributed by atoms with E-state index in [1.54, 1.807) is 6.92 Å². The molecule has 0 bridgehead atoms. The van der Waals surface area contributed by atoms with Crippen LogP contribution in [0.4, 0.5) is 5.69 Å². The first kappa shape index (κ1) is 14.2. The van der Waals surface area contributed by atoms with E-state index >= 15 is 0 Å². The third-order valence-corrected chi connectivity index (χ3v) is 2.34. The molecule has 0 heterocycles. The van der Waals surface area contributed by atoms with Crippen LogP contribution >= 0.6 is 11.6 Å². The molecule has 98 valence electrons. The normalized spacial score (nSPS) is 11.7. The second kappa shape index (κ2) is 6.20. The van der Waals surface area contributed by atoms with Gasteiger partial charge in [-0.25, -0.2) is 4.79 Å². The average molecular weight is 274 g/mol. The molecule has 18 heavy (non-hydrogen) atoms. The van der Waals surface area contributed by atoms with Crippen LogP contribution < -0.4 is 4.74 Å². The maximum absolute atomic E-state index is 11.3. The summed E-state index contributed by atoms with van der Waals surface area (Å²) < 4.78 is 10.0. The number of non-ortho nitro benzene ring substituents is 1. The lowest BCUT2D eigenvalue weighted by Gasteiger charge is -2.14. The minimum atomic E-state index is -0.830. The van der Waals surface area contributed by atoms with E-state index in [1.165, 1.54) is 19.1 Å². The number of hydrogen-bond acceptors (Lipinski definition) is 5. The summed E-state index contributed by atoms with van der Waals surface area (Å²) in [4.78, 5) is 21.3. The van der Waals surface area contributed by atoms with E-state index in [9.17, 15) is 14.9 Å². The molecule has 0 saturated carbocycles. The molecule has 0 aliphatic carbocycles. The molecule has 0 amide bonds. The molecule has 1 aromatic rings. The molecule has 1 unspecified atom stereocenters. The number of hydrogen-bond donors (Lipinski definition) is 0. The maximum Gasteiger partial charge on any atom is 0.347 e. The predicted molar refractivity (Wildman–Crippen MR) is 64.8 cm³/mol. The van der Waals surface area contributed by atoms with Gasteiger partial charge in [0.05, 0.1) is 16.6 Å². The first-order chi connectivity index (χ1) is 8.45. The Labute approximate surface area is 109 Å². The van der Waals surface area contributed by atoms with Gasteiger partial charge in [-0.1, -0.05) is 11.6 Å². The zero-order valence-electron chi connectivity index (χ0n) is 9.88. The topological polar surface area (TPSA) is 78.7 Å². The largest absolute Gasteiger partial charge is 0.477 e. The first-order valence-corrected chi connectivity index (χ1v) is 5.60. The van der Waals surface area contributed by atoms with Crippen molar-refractivity contribution in [1.29, 1.82) is 0 Å². The van der Waals surface area contributed by atoms with E-state index in [4.69, 9.17) is 21.1 Å². The first-order valence-electron chi connectivity index (χ1n) is 5.23. The monoisotopic (exact) mass is 273 g/mol. The fourth-order valence-electron chi connectivity index (χ4n) is 1.20. The van der Waals surface area contributed by atoms with E-state index < -0.39 is 17.0 Å². The van der Waals surface area contributed by atoms with Crippen molar-refractivity contribution in [2.24, 2.45) is 0 Å². The number of carbonyl (C=O) groups is 1. The van der Waals surface area contributed by atoms with Gasteiger partial charge >= 0.3 is 5.97 Å². The second-order valence-corrected chi connectivity index (χ2v) is 3.79. The highest BCUT2D eigenvalue weighted by Gasteiger charge is 2.18. The molecule has 0 aliphatic heterocycles. The molecule has 1 rings (SSSR count). The van der Waals surface area contributed by atoms with Gasteiger partial charge in [-0.3, -0.25) is 10.1 Å². The summed E-state index contributed by atoms with van der Waals surface area (Å²) in [7, 11) is 0. The van der Waals surface area contributed by atoms with Gasteiger partial charge in [0.25, 0.3) is 5.69 Å². The molecule has 1 aromatic carbocycles. The zero-order valence-corrected chi connectivity index (χ0v) is 10.6. The minimum Gasteiger partial charge on any atom is -0.477 e. The Morgan fingerprint density at radius 2 is 2.22 bits per heavy atom. The standard InChI is InChI=1S/C11H12ClNO5/c1-3-17-11(14)7(2)18-10-5-4-8(13(15)16)6-9(10)12/h4-7H,3H2,1-2H3. The van der Waals surface area contributed by atoms with Crippen LogP contribution in [0, 0.1) is 10.1 Å². The van der Waals surface area contributed by atoms with Crippen LogP contribution in [0.3, 0.4) is 0 Å². The van der Waals surface area contributed by atoms with Gasteiger partial charge in [0, 0.05) is 12.1 Å². The van der Waals surface area contributed by atoms with Gasteiger partial charge < -0.3 is 9.47 Å².